The van der Waals surface area contributed by atoms with Crippen LogP contribution in [-0.2, 0) is 11.3 Å². The van der Waals surface area contributed by atoms with Crippen LogP contribution in [0.1, 0.15) is 11.4 Å². The van der Waals surface area contributed by atoms with Gasteiger partial charge in [-0.15, -0.1) is 0 Å². The summed E-state index contributed by atoms with van der Waals surface area (Å²) in [5.74, 6) is 0.615. The van der Waals surface area contributed by atoms with Crippen molar-refractivity contribution in [1.82, 2.24) is 25.1 Å². The minimum atomic E-state index is 0.418. The van der Waals surface area contributed by atoms with Crippen LogP contribution in [0.4, 0.5) is 5.13 Å². The van der Waals surface area contributed by atoms with Crippen molar-refractivity contribution in [3.05, 3.63) is 29.8 Å². The lowest BCUT2D eigenvalue weighted by Gasteiger charge is -2.03. The molecule has 0 amide bonds. The average molecular weight is 302 g/mol. The Balaban J connectivity index is 2.14. The summed E-state index contributed by atoms with van der Waals surface area (Å²) in [6.45, 7) is 2.34. The van der Waals surface area contributed by atoms with Gasteiger partial charge in [-0.2, -0.15) is 5.10 Å². The Hall–Kier alpha value is -2.32. The molecule has 3 heterocycles. The summed E-state index contributed by atoms with van der Waals surface area (Å²) in [5.41, 5.74) is 9.19. The molecule has 8 heteroatoms. The van der Waals surface area contributed by atoms with Gasteiger partial charge in [0.05, 0.1) is 24.2 Å². The Morgan fingerprint density at radius 2 is 2.24 bits per heavy atom. The van der Waals surface area contributed by atoms with E-state index < -0.39 is 0 Å². The summed E-state index contributed by atoms with van der Waals surface area (Å²) in [6.07, 6.45) is 3.44. The molecule has 0 atom stereocenters. The first kappa shape index (κ1) is 13.7. The molecule has 7 nitrogen and oxygen atoms in total. The number of hydrogen-bond donors (Lipinski definition) is 2. The molecule has 0 unspecified atom stereocenters. The van der Waals surface area contributed by atoms with E-state index in [0.29, 0.717) is 17.6 Å². The monoisotopic (exact) mass is 302 g/mol. The number of nitrogens with one attached hydrogen (secondary N) is 1. The highest BCUT2D eigenvalue weighted by Crippen LogP contribution is 2.37. The molecule has 0 fully saturated rings. The van der Waals surface area contributed by atoms with Gasteiger partial charge in [0, 0.05) is 24.6 Å². The van der Waals surface area contributed by atoms with E-state index >= 15 is 0 Å². The molecule has 3 aromatic rings. The van der Waals surface area contributed by atoms with E-state index in [-0.39, 0.29) is 0 Å². The van der Waals surface area contributed by atoms with Gasteiger partial charge in [-0.3, -0.25) is 5.10 Å². The van der Waals surface area contributed by atoms with Crippen molar-refractivity contribution in [2.24, 2.45) is 0 Å². The third-order valence-corrected chi connectivity index (χ3v) is 3.78. The van der Waals surface area contributed by atoms with Crippen LogP contribution in [-0.4, -0.2) is 32.3 Å². The number of rotatable bonds is 4. The zero-order valence-electron chi connectivity index (χ0n) is 11.6. The molecule has 0 saturated heterocycles. The second kappa shape index (κ2) is 5.58. The number of aromatic nitrogens is 5. The molecule has 0 aliphatic carbocycles. The van der Waals surface area contributed by atoms with Gasteiger partial charge >= 0.3 is 0 Å². The highest BCUT2D eigenvalue weighted by molar-refractivity contribution is 7.19. The average Bonchev–Trinajstić information content (AvgIpc) is 3.05. The summed E-state index contributed by atoms with van der Waals surface area (Å²) < 4.78 is 5.16. The van der Waals surface area contributed by atoms with E-state index in [2.05, 4.69) is 25.1 Å². The van der Waals surface area contributed by atoms with Gasteiger partial charge in [-0.05, 0) is 13.0 Å². The lowest BCUT2D eigenvalue weighted by atomic mass is 10.1. The summed E-state index contributed by atoms with van der Waals surface area (Å²) >= 11 is 1.36. The zero-order chi connectivity index (χ0) is 14.8. The van der Waals surface area contributed by atoms with Crippen LogP contribution in [0.3, 0.4) is 0 Å². The molecular weight excluding hydrogens is 288 g/mol. The van der Waals surface area contributed by atoms with E-state index in [1.165, 1.54) is 11.3 Å². The minimum absolute atomic E-state index is 0.418. The van der Waals surface area contributed by atoms with Crippen LogP contribution < -0.4 is 5.73 Å². The molecular formula is C13H14N6OS. The second-order valence-electron chi connectivity index (χ2n) is 4.45. The smallest absolute Gasteiger partial charge is 0.181 e. The van der Waals surface area contributed by atoms with E-state index in [1.54, 1.807) is 19.5 Å². The largest absolute Gasteiger partial charge is 0.378 e. The first-order valence-electron chi connectivity index (χ1n) is 6.27. The van der Waals surface area contributed by atoms with Crippen LogP contribution in [0.2, 0.25) is 0 Å². The molecule has 0 aromatic carbocycles. The number of methoxy groups -OCH3 is 1. The van der Waals surface area contributed by atoms with Gasteiger partial charge in [-0.1, -0.05) is 11.3 Å². The van der Waals surface area contributed by atoms with Crippen molar-refractivity contribution in [2.45, 2.75) is 13.5 Å². The van der Waals surface area contributed by atoms with E-state index in [9.17, 15) is 0 Å². The molecule has 3 rings (SSSR count). The minimum Gasteiger partial charge on any atom is -0.378 e. The first-order chi connectivity index (χ1) is 10.2. The summed E-state index contributed by atoms with van der Waals surface area (Å²) in [6, 6.07) is 1.85. The number of nitrogens with two attached hydrogens (primary N) is 1. The fraction of sp³-hybridized carbons (Fsp3) is 0.231. The second-order valence-corrected chi connectivity index (χ2v) is 5.48. The number of thiazole rings is 1. The number of nitrogens with zero attached hydrogens (tertiary/aromatic N) is 4. The van der Waals surface area contributed by atoms with Crippen LogP contribution >= 0.6 is 11.3 Å². The van der Waals surface area contributed by atoms with Gasteiger partial charge in [0.1, 0.15) is 4.88 Å². The number of anilines is 1. The molecule has 0 aliphatic rings. The fourth-order valence-corrected chi connectivity index (χ4v) is 2.79. The van der Waals surface area contributed by atoms with Gasteiger partial charge in [0.15, 0.2) is 11.0 Å². The number of ether oxygens (including phenoxy) is 1. The van der Waals surface area contributed by atoms with Gasteiger partial charge in [0.2, 0.25) is 0 Å². The van der Waals surface area contributed by atoms with E-state index in [1.807, 2.05) is 13.0 Å². The normalized spacial score (nSPS) is 11.0. The Labute approximate surface area is 125 Å². The lowest BCUT2D eigenvalue weighted by molar-refractivity contribution is 0.182. The van der Waals surface area contributed by atoms with Crippen molar-refractivity contribution in [2.75, 3.05) is 12.8 Å². The maximum Gasteiger partial charge on any atom is 0.181 e. The summed E-state index contributed by atoms with van der Waals surface area (Å²) in [7, 11) is 1.63. The van der Waals surface area contributed by atoms with Crippen molar-refractivity contribution in [3.8, 4) is 22.0 Å². The Kier molecular flexibility index (Phi) is 3.63. The molecule has 0 bridgehead atoms. The summed E-state index contributed by atoms with van der Waals surface area (Å²) in [5, 5.41) is 7.44. The third kappa shape index (κ3) is 2.63. The Morgan fingerprint density at radius 1 is 1.38 bits per heavy atom. The molecule has 0 aliphatic heterocycles. The topological polar surface area (TPSA) is 103 Å². The third-order valence-electron chi connectivity index (χ3n) is 2.90. The molecule has 3 aromatic heterocycles. The maximum atomic E-state index is 5.87. The molecule has 3 N–H and O–H groups in total. The summed E-state index contributed by atoms with van der Waals surface area (Å²) in [4.78, 5) is 14.0. The highest BCUT2D eigenvalue weighted by Gasteiger charge is 2.19. The zero-order valence-corrected chi connectivity index (χ0v) is 12.4. The maximum absolute atomic E-state index is 5.87. The highest BCUT2D eigenvalue weighted by atomic mass is 32.1. The standard InChI is InChI=1S/C13H14N6OS/c1-7-3-4-15-12(17-7)11-10(18-13(14)21-11)8-5-16-19-9(8)6-20-2/h3-5H,6H2,1-2H3,(H2,14,18)(H,16,19). The van der Waals surface area contributed by atoms with Crippen molar-refractivity contribution >= 4 is 16.5 Å². The van der Waals surface area contributed by atoms with Crippen molar-refractivity contribution in [1.29, 1.82) is 0 Å². The van der Waals surface area contributed by atoms with Gasteiger partial charge < -0.3 is 10.5 Å². The van der Waals surface area contributed by atoms with Crippen LogP contribution in [0, 0.1) is 6.92 Å². The van der Waals surface area contributed by atoms with Crippen LogP contribution in [0.15, 0.2) is 18.5 Å². The van der Waals surface area contributed by atoms with Gasteiger partial charge in [0.25, 0.3) is 0 Å². The number of H-pyrrole nitrogens is 1. The van der Waals surface area contributed by atoms with Gasteiger partial charge in [-0.25, -0.2) is 15.0 Å². The van der Waals surface area contributed by atoms with Crippen molar-refractivity contribution in [3.63, 3.8) is 0 Å². The molecule has 0 saturated carbocycles. The molecule has 0 radical (unpaired) electrons. The predicted octanol–water partition coefficient (Wildman–Crippen LogP) is 2.03. The van der Waals surface area contributed by atoms with Crippen LogP contribution in [0.5, 0.6) is 0 Å². The van der Waals surface area contributed by atoms with E-state index in [4.69, 9.17) is 10.5 Å². The number of nitrogen functional groups attached to an aromatic ring is 1. The lowest BCUT2D eigenvalue weighted by Crippen LogP contribution is -1.94. The predicted molar refractivity (Wildman–Crippen MR) is 80.6 cm³/mol. The molecule has 108 valence electrons. The Morgan fingerprint density at radius 3 is 3.00 bits per heavy atom. The SMILES string of the molecule is COCc1[nH]ncc1-c1nc(N)sc1-c1nccc(C)n1. The fourth-order valence-electron chi connectivity index (χ4n) is 2.00. The Bertz CT molecular complexity index is 766. The van der Waals surface area contributed by atoms with Crippen LogP contribution in [0.25, 0.3) is 22.0 Å². The van der Waals surface area contributed by atoms with Crippen molar-refractivity contribution < 1.29 is 4.74 Å². The number of aryl methyl sites for hydroxylation is 1. The number of hydrogen-bond acceptors (Lipinski definition) is 7. The quantitative estimate of drug-likeness (QED) is 0.764. The number of aromatic amines is 1. The molecule has 0 spiro atoms. The molecule has 21 heavy (non-hydrogen) atoms. The van der Waals surface area contributed by atoms with E-state index in [0.717, 1.165) is 27.5 Å². The first-order valence-corrected chi connectivity index (χ1v) is 7.08.